The molecule has 0 aliphatic heterocycles. The van der Waals surface area contributed by atoms with E-state index in [-0.39, 0.29) is 22.0 Å². The second kappa shape index (κ2) is 6.97. The third-order valence-electron chi connectivity index (χ3n) is 2.91. The number of benzene rings is 2. The quantitative estimate of drug-likeness (QED) is 0.834. The van der Waals surface area contributed by atoms with E-state index in [4.69, 9.17) is 11.6 Å². The lowest BCUT2D eigenvalue weighted by Crippen LogP contribution is -2.15. The largest absolute Gasteiger partial charge is 0.465 e. The molecule has 0 saturated heterocycles. The van der Waals surface area contributed by atoms with Gasteiger partial charge in [-0.05, 0) is 35.9 Å². The van der Waals surface area contributed by atoms with Crippen LogP contribution in [0.1, 0.15) is 15.9 Å². The molecule has 0 aliphatic carbocycles. The van der Waals surface area contributed by atoms with E-state index in [1.165, 1.54) is 49.6 Å². The molecule has 23 heavy (non-hydrogen) atoms. The van der Waals surface area contributed by atoms with Crippen molar-refractivity contribution in [1.29, 1.82) is 0 Å². The minimum absolute atomic E-state index is 0.0520. The third-order valence-corrected chi connectivity index (χ3v) is 4.50. The average molecular weight is 358 g/mol. The Labute approximate surface area is 138 Å². The summed E-state index contributed by atoms with van der Waals surface area (Å²) < 4.78 is 44.0. The van der Waals surface area contributed by atoms with Crippen LogP contribution in [0.2, 0.25) is 5.02 Å². The van der Waals surface area contributed by atoms with E-state index in [0.717, 1.165) is 0 Å². The van der Waals surface area contributed by atoms with Crippen LogP contribution in [0.3, 0.4) is 0 Å². The number of halogens is 2. The highest BCUT2D eigenvalue weighted by Gasteiger charge is 2.15. The maximum Gasteiger partial charge on any atom is 0.339 e. The summed E-state index contributed by atoms with van der Waals surface area (Å²) in [4.78, 5) is 11.6. The highest BCUT2D eigenvalue weighted by Crippen LogP contribution is 2.22. The smallest absolute Gasteiger partial charge is 0.339 e. The van der Waals surface area contributed by atoms with Gasteiger partial charge in [0.25, 0.3) is 0 Å². The highest BCUT2D eigenvalue weighted by atomic mass is 35.5. The molecule has 0 spiro atoms. The number of sulfonamides is 1. The molecule has 0 atom stereocenters. The summed E-state index contributed by atoms with van der Waals surface area (Å²) in [7, 11) is -2.53. The number of rotatable bonds is 5. The van der Waals surface area contributed by atoms with E-state index in [1.807, 2.05) is 0 Å². The lowest BCUT2D eigenvalue weighted by Gasteiger charge is -2.10. The van der Waals surface area contributed by atoms with Crippen LogP contribution >= 0.6 is 11.6 Å². The van der Waals surface area contributed by atoms with Gasteiger partial charge < -0.3 is 4.74 Å². The minimum atomic E-state index is -3.73. The zero-order chi connectivity index (χ0) is 17.0. The molecule has 2 aromatic rings. The van der Waals surface area contributed by atoms with Gasteiger partial charge in [-0.2, -0.15) is 0 Å². The van der Waals surface area contributed by atoms with Crippen molar-refractivity contribution in [3.63, 3.8) is 0 Å². The maximum atomic E-state index is 12.8. The lowest BCUT2D eigenvalue weighted by molar-refractivity contribution is 0.0601. The third kappa shape index (κ3) is 4.67. The van der Waals surface area contributed by atoms with Gasteiger partial charge in [-0.25, -0.2) is 17.6 Å². The first-order valence-electron chi connectivity index (χ1n) is 6.43. The number of carbonyl (C=O) groups is 1. The molecule has 0 bridgehead atoms. The summed E-state index contributed by atoms with van der Waals surface area (Å²) in [5, 5.41) is 0.151. The van der Waals surface area contributed by atoms with Crippen molar-refractivity contribution >= 4 is 33.3 Å². The Balaban J connectivity index is 2.20. The Hall–Kier alpha value is -2.12. The van der Waals surface area contributed by atoms with E-state index in [0.29, 0.717) is 5.56 Å². The average Bonchev–Trinajstić information content (AvgIpc) is 2.50. The van der Waals surface area contributed by atoms with Crippen molar-refractivity contribution in [2.24, 2.45) is 0 Å². The second-order valence-electron chi connectivity index (χ2n) is 4.67. The van der Waals surface area contributed by atoms with Gasteiger partial charge >= 0.3 is 5.97 Å². The summed E-state index contributed by atoms with van der Waals surface area (Å²) >= 11 is 5.87. The molecule has 0 radical (unpaired) electrons. The van der Waals surface area contributed by atoms with Gasteiger partial charge in [-0.1, -0.05) is 23.7 Å². The van der Waals surface area contributed by atoms with Crippen LogP contribution in [0.5, 0.6) is 0 Å². The van der Waals surface area contributed by atoms with Gasteiger partial charge in [-0.3, -0.25) is 4.72 Å². The number of nitrogens with one attached hydrogen (secondary N) is 1. The summed E-state index contributed by atoms with van der Waals surface area (Å²) in [6, 6.07) is 9.24. The van der Waals surface area contributed by atoms with Crippen molar-refractivity contribution in [3.05, 3.63) is 64.4 Å². The molecule has 0 aromatic heterocycles. The number of hydrogen-bond acceptors (Lipinski definition) is 4. The molecular formula is C15H13ClFNO4S. The predicted molar refractivity (Wildman–Crippen MR) is 85.4 cm³/mol. The first kappa shape index (κ1) is 17.2. The Morgan fingerprint density at radius 2 is 1.87 bits per heavy atom. The normalized spacial score (nSPS) is 11.1. The summed E-state index contributed by atoms with van der Waals surface area (Å²) in [6.07, 6.45) is 0. The first-order valence-corrected chi connectivity index (χ1v) is 8.46. The van der Waals surface area contributed by atoms with E-state index in [1.54, 1.807) is 0 Å². The van der Waals surface area contributed by atoms with Gasteiger partial charge in [0.1, 0.15) is 5.82 Å². The summed E-state index contributed by atoms with van der Waals surface area (Å²) in [5.41, 5.74) is 0.661. The fourth-order valence-corrected chi connectivity index (χ4v) is 3.26. The van der Waals surface area contributed by atoms with Crippen LogP contribution < -0.4 is 4.72 Å². The van der Waals surface area contributed by atoms with Gasteiger partial charge in [0.2, 0.25) is 10.0 Å². The van der Waals surface area contributed by atoms with Crippen LogP contribution in [0, 0.1) is 5.82 Å². The molecule has 0 fully saturated rings. The van der Waals surface area contributed by atoms with Crippen molar-refractivity contribution in [3.8, 4) is 0 Å². The zero-order valence-corrected chi connectivity index (χ0v) is 13.6. The summed E-state index contributed by atoms with van der Waals surface area (Å²) in [5.74, 6) is -1.45. The maximum absolute atomic E-state index is 12.8. The number of carbonyl (C=O) groups excluding carboxylic acids is 1. The van der Waals surface area contributed by atoms with Crippen LogP contribution in [-0.4, -0.2) is 21.5 Å². The molecule has 1 N–H and O–H groups in total. The fraction of sp³-hybridized carbons (Fsp3) is 0.133. The number of ether oxygens (including phenoxy) is 1. The highest BCUT2D eigenvalue weighted by molar-refractivity contribution is 7.91. The monoisotopic (exact) mass is 357 g/mol. The van der Waals surface area contributed by atoms with E-state index in [9.17, 15) is 17.6 Å². The van der Waals surface area contributed by atoms with E-state index >= 15 is 0 Å². The van der Waals surface area contributed by atoms with Crippen LogP contribution in [-0.2, 0) is 20.5 Å². The van der Waals surface area contributed by atoms with E-state index < -0.39 is 21.8 Å². The topological polar surface area (TPSA) is 72.5 Å². The van der Waals surface area contributed by atoms with Crippen LogP contribution in [0.4, 0.5) is 10.1 Å². The minimum Gasteiger partial charge on any atom is -0.465 e. The second-order valence-corrected chi connectivity index (χ2v) is 6.80. The Morgan fingerprint density at radius 1 is 1.22 bits per heavy atom. The van der Waals surface area contributed by atoms with Crippen molar-refractivity contribution in [2.75, 3.05) is 11.8 Å². The molecule has 0 heterocycles. The first-order chi connectivity index (χ1) is 10.8. The van der Waals surface area contributed by atoms with Crippen molar-refractivity contribution in [1.82, 2.24) is 0 Å². The van der Waals surface area contributed by atoms with E-state index in [2.05, 4.69) is 9.46 Å². The molecule has 0 aliphatic rings. The lowest BCUT2D eigenvalue weighted by atomic mass is 10.2. The van der Waals surface area contributed by atoms with Crippen molar-refractivity contribution in [2.45, 2.75) is 5.75 Å². The molecule has 5 nitrogen and oxygen atoms in total. The van der Waals surface area contributed by atoms with Crippen molar-refractivity contribution < 1.29 is 22.3 Å². The van der Waals surface area contributed by atoms with Gasteiger partial charge in [0.15, 0.2) is 0 Å². The van der Waals surface area contributed by atoms with Gasteiger partial charge in [0.05, 0.1) is 23.4 Å². The SMILES string of the molecule is COC(=O)c1cc(NS(=O)(=O)Cc2ccc(F)cc2)ccc1Cl. The Kier molecular flexibility index (Phi) is 5.23. The Morgan fingerprint density at radius 3 is 2.48 bits per heavy atom. The van der Waals surface area contributed by atoms with Crippen LogP contribution in [0.15, 0.2) is 42.5 Å². The van der Waals surface area contributed by atoms with Gasteiger partial charge in [0, 0.05) is 5.69 Å². The molecule has 0 saturated carbocycles. The Bertz CT molecular complexity index is 822. The summed E-state index contributed by atoms with van der Waals surface area (Å²) in [6.45, 7) is 0. The molecule has 2 aromatic carbocycles. The van der Waals surface area contributed by atoms with Gasteiger partial charge in [-0.15, -0.1) is 0 Å². The van der Waals surface area contributed by atoms with Crippen LogP contribution in [0.25, 0.3) is 0 Å². The molecule has 122 valence electrons. The zero-order valence-electron chi connectivity index (χ0n) is 12.0. The molecule has 0 amide bonds. The standard InChI is InChI=1S/C15H13ClFNO4S/c1-22-15(19)13-8-12(6-7-14(13)16)18-23(20,21)9-10-2-4-11(17)5-3-10/h2-8,18H,9H2,1H3. The fourth-order valence-electron chi connectivity index (χ4n) is 1.87. The molecule has 2 rings (SSSR count). The predicted octanol–water partition coefficient (Wildman–Crippen LogP) is 3.21. The molecular weight excluding hydrogens is 345 g/mol. The molecule has 0 unspecified atom stereocenters. The number of methoxy groups -OCH3 is 1. The number of hydrogen-bond donors (Lipinski definition) is 1. The molecule has 8 heteroatoms. The number of esters is 1. The number of anilines is 1.